The van der Waals surface area contributed by atoms with Crippen molar-refractivity contribution in [3.8, 4) is 11.1 Å². The molecule has 3 aromatic carbocycles. The normalized spacial score (nSPS) is 15.1. The minimum atomic E-state index is -0.505. The molecular formula is C31H21BrClN3O3. The zero-order chi connectivity index (χ0) is 26.9. The third kappa shape index (κ3) is 4.94. The van der Waals surface area contributed by atoms with Gasteiger partial charge in [0.1, 0.15) is 0 Å². The van der Waals surface area contributed by atoms with Crippen LogP contribution in [0.5, 0.6) is 0 Å². The van der Waals surface area contributed by atoms with Gasteiger partial charge in [-0.1, -0.05) is 84.4 Å². The lowest BCUT2D eigenvalue weighted by Crippen LogP contribution is -2.42. The Kier molecular flexibility index (Phi) is 6.69. The second-order valence-corrected chi connectivity index (χ2v) is 10.2. The zero-order valence-corrected chi connectivity index (χ0v) is 22.7. The molecule has 1 amide bonds. The van der Waals surface area contributed by atoms with E-state index in [-0.39, 0.29) is 17.2 Å². The van der Waals surface area contributed by atoms with Crippen molar-refractivity contribution >= 4 is 56.1 Å². The number of aromatic nitrogens is 1. The van der Waals surface area contributed by atoms with Crippen molar-refractivity contribution in [1.29, 1.82) is 0 Å². The molecule has 1 aliphatic heterocycles. The number of pyridine rings is 1. The Morgan fingerprint density at radius 3 is 2.41 bits per heavy atom. The van der Waals surface area contributed by atoms with Crippen molar-refractivity contribution in [2.45, 2.75) is 6.04 Å². The zero-order valence-electron chi connectivity index (χ0n) is 20.4. The number of rotatable bonds is 5. The molecule has 0 spiro atoms. The molecule has 0 aliphatic carbocycles. The number of carbonyl (C=O) groups is 1. The Hall–Kier alpha value is -4.33. The molecule has 8 heteroatoms. The minimum absolute atomic E-state index is 0.157. The number of furan rings is 1. The highest BCUT2D eigenvalue weighted by molar-refractivity contribution is 9.10. The van der Waals surface area contributed by atoms with Crippen LogP contribution in [0, 0.1) is 0 Å². The van der Waals surface area contributed by atoms with E-state index in [1.165, 1.54) is 5.01 Å². The van der Waals surface area contributed by atoms with E-state index in [2.05, 4.69) is 26.3 Å². The molecule has 2 aromatic heterocycles. The number of amides is 1. The van der Waals surface area contributed by atoms with Gasteiger partial charge < -0.3 is 9.40 Å². The lowest BCUT2D eigenvalue weighted by atomic mass is 9.94. The first-order valence-electron chi connectivity index (χ1n) is 12.2. The summed E-state index contributed by atoms with van der Waals surface area (Å²) in [5.41, 5.74) is 7.03. The summed E-state index contributed by atoms with van der Waals surface area (Å²) >= 11 is 9.66. The van der Waals surface area contributed by atoms with Crippen LogP contribution >= 0.6 is 27.5 Å². The average molecular weight is 599 g/mol. The van der Waals surface area contributed by atoms with Crippen molar-refractivity contribution < 1.29 is 9.21 Å². The third-order valence-electron chi connectivity index (χ3n) is 6.47. The fraction of sp³-hybridized carbons (Fsp3) is 0.0323. The molecule has 39 heavy (non-hydrogen) atoms. The summed E-state index contributed by atoms with van der Waals surface area (Å²) in [6.45, 7) is 0. The summed E-state index contributed by atoms with van der Waals surface area (Å²) in [5.74, 6) is -0.221. The fourth-order valence-corrected chi connectivity index (χ4v) is 5.18. The largest absolute Gasteiger partial charge is 0.444 e. The van der Waals surface area contributed by atoms with E-state index >= 15 is 0 Å². The Labute approximate surface area is 237 Å². The lowest BCUT2D eigenvalue weighted by Gasteiger charge is -2.23. The van der Waals surface area contributed by atoms with E-state index in [0.29, 0.717) is 26.5 Å². The predicted molar refractivity (Wildman–Crippen MR) is 158 cm³/mol. The molecule has 0 radical (unpaired) electrons. The summed E-state index contributed by atoms with van der Waals surface area (Å²) in [6, 6.07) is 27.6. The van der Waals surface area contributed by atoms with Gasteiger partial charge in [0, 0.05) is 21.5 Å². The Balaban J connectivity index is 1.52. The smallest absolute Gasteiger partial charge is 0.308 e. The number of carbonyl (C=O) groups excluding carboxylic acids is 1. The van der Waals surface area contributed by atoms with Gasteiger partial charge in [0.2, 0.25) is 0 Å². The van der Waals surface area contributed by atoms with Crippen LogP contribution in [0.15, 0.2) is 117 Å². The van der Waals surface area contributed by atoms with Crippen LogP contribution in [0.4, 0.5) is 0 Å². The topological polar surface area (TPSA) is 78.3 Å². The maximum atomic E-state index is 13.6. The van der Waals surface area contributed by atoms with Crippen LogP contribution in [0.3, 0.4) is 0 Å². The summed E-state index contributed by atoms with van der Waals surface area (Å²) in [6.07, 6.45) is 5.70. The molecule has 0 unspecified atom stereocenters. The maximum absolute atomic E-state index is 13.6. The molecule has 3 heterocycles. The molecule has 5 aromatic rings. The minimum Gasteiger partial charge on any atom is -0.444 e. The number of benzene rings is 3. The van der Waals surface area contributed by atoms with Crippen LogP contribution in [0.2, 0.25) is 5.02 Å². The molecule has 1 atom stereocenters. The monoisotopic (exact) mass is 597 g/mol. The van der Waals surface area contributed by atoms with Gasteiger partial charge in [-0.2, -0.15) is 0 Å². The number of hydrogen-bond acceptors (Lipinski definition) is 4. The molecule has 2 N–H and O–H groups in total. The molecule has 1 aliphatic rings. The number of fused-ring (bicyclic) bond motifs is 1. The van der Waals surface area contributed by atoms with Gasteiger partial charge in [-0.25, -0.2) is 5.01 Å². The predicted octanol–water partition coefficient (Wildman–Crippen LogP) is 7.29. The first-order valence-corrected chi connectivity index (χ1v) is 13.4. The Bertz CT molecular complexity index is 1810. The van der Waals surface area contributed by atoms with Gasteiger partial charge in [-0.15, -0.1) is 0 Å². The molecular weight excluding hydrogens is 578 g/mol. The fourth-order valence-electron chi connectivity index (χ4n) is 4.70. The van der Waals surface area contributed by atoms with E-state index < -0.39 is 6.04 Å². The van der Waals surface area contributed by atoms with Crippen molar-refractivity contribution in [2.24, 2.45) is 0 Å². The third-order valence-corrected chi connectivity index (χ3v) is 7.13. The number of H-pyrrole nitrogens is 1. The molecule has 0 bridgehead atoms. The van der Waals surface area contributed by atoms with Gasteiger partial charge in [0.05, 0.1) is 17.3 Å². The van der Waals surface area contributed by atoms with E-state index in [0.717, 1.165) is 22.1 Å². The van der Waals surface area contributed by atoms with Crippen LogP contribution < -0.4 is 11.0 Å². The van der Waals surface area contributed by atoms with Crippen LogP contribution in [-0.2, 0) is 0 Å². The quantitative estimate of drug-likeness (QED) is 0.223. The number of nitrogens with zero attached hydrogens (tertiary/aromatic N) is 1. The highest BCUT2D eigenvalue weighted by Gasteiger charge is 2.33. The van der Waals surface area contributed by atoms with Gasteiger partial charge in [-0.05, 0) is 63.5 Å². The van der Waals surface area contributed by atoms with Crippen LogP contribution in [0.1, 0.15) is 21.7 Å². The average Bonchev–Trinajstić information content (AvgIpc) is 3.58. The maximum Gasteiger partial charge on any atom is 0.308 e. The van der Waals surface area contributed by atoms with Crippen LogP contribution in [0.25, 0.3) is 33.8 Å². The molecule has 6 rings (SSSR count). The molecule has 0 fully saturated rings. The molecule has 192 valence electrons. The summed E-state index contributed by atoms with van der Waals surface area (Å²) in [7, 11) is 0. The standard InChI is InChI=1S/C31H21BrClN3O3/c32-27-16-15-26(39-27)31(38)36-22(13-11-19-7-3-1-4-8-19)18-25(35-36)29-28(20-9-5-2-6-10-20)23-17-21(33)12-14-24(23)34-30(29)37/h1-18,22,35H,(H,34,37)/b13-11+/t22-/m1/s1. The van der Waals surface area contributed by atoms with Crippen LogP contribution in [-0.4, -0.2) is 21.9 Å². The summed E-state index contributed by atoms with van der Waals surface area (Å²) in [4.78, 5) is 30.1. The SMILES string of the molecule is O=C(c1ccc(Br)o1)N1NC(c2c(-c3ccccc3)c3cc(Cl)ccc3[nH]c2=O)=C[C@H]1/C=C/c1ccccc1. The number of hydrazine groups is 1. The first-order chi connectivity index (χ1) is 19.0. The highest BCUT2D eigenvalue weighted by Crippen LogP contribution is 2.35. The van der Waals surface area contributed by atoms with Crippen molar-refractivity contribution in [3.05, 3.63) is 140 Å². The van der Waals surface area contributed by atoms with E-state index in [1.807, 2.05) is 85.0 Å². The molecule has 0 saturated heterocycles. The molecule has 0 saturated carbocycles. The number of aromatic amines is 1. The number of halogens is 2. The van der Waals surface area contributed by atoms with E-state index in [9.17, 15) is 9.59 Å². The van der Waals surface area contributed by atoms with Crippen molar-refractivity contribution in [2.75, 3.05) is 0 Å². The lowest BCUT2D eigenvalue weighted by molar-refractivity contribution is 0.0669. The van der Waals surface area contributed by atoms with Crippen molar-refractivity contribution in [1.82, 2.24) is 15.4 Å². The number of hydrogen-bond donors (Lipinski definition) is 2. The summed E-state index contributed by atoms with van der Waals surface area (Å²) in [5, 5.41) is 2.80. The Morgan fingerprint density at radius 1 is 0.949 bits per heavy atom. The second kappa shape index (κ2) is 10.4. The van der Waals surface area contributed by atoms with Gasteiger partial charge >= 0.3 is 5.91 Å². The van der Waals surface area contributed by atoms with Crippen molar-refractivity contribution in [3.63, 3.8) is 0 Å². The van der Waals surface area contributed by atoms with E-state index in [4.69, 9.17) is 16.0 Å². The van der Waals surface area contributed by atoms with E-state index in [1.54, 1.807) is 24.3 Å². The summed E-state index contributed by atoms with van der Waals surface area (Å²) < 4.78 is 6.00. The Morgan fingerprint density at radius 2 is 1.69 bits per heavy atom. The van der Waals surface area contributed by atoms with Gasteiger partial charge in [-0.3, -0.25) is 15.0 Å². The first kappa shape index (κ1) is 25.0. The van der Waals surface area contributed by atoms with Gasteiger partial charge in [0.15, 0.2) is 10.4 Å². The number of nitrogens with one attached hydrogen (secondary N) is 2. The van der Waals surface area contributed by atoms with Gasteiger partial charge in [0.25, 0.3) is 5.56 Å². The highest BCUT2D eigenvalue weighted by atomic mass is 79.9. The second-order valence-electron chi connectivity index (χ2n) is 8.99. The molecule has 6 nitrogen and oxygen atoms in total.